The fourth-order valence-corrected chi connectivity index (χ4v) is 2.01. The van der Waals surface area contributed by atoms with Crippen molar-refractivity contribution < 1.29 is 9.47 Å². The third kappa shape index (κ3) is 3.83. The maximum Gasteiger partial charge on any atom is 0.163 e. The van der Waals surface area contributed by atoms with Crippen LogP contribution in [-0.2, 0) is 0 Å². The van der Waals surface area contributed by atoms with Gasteiger partial charge in [-0.25, -0.2) is 0 Å². The van der Waals surface area contributed by atoms with Crippen LogP contribution in [0.15, 0.2) is 12.1 Å². The molecule has 0 unspecified atom stereocenters. The predicted molar refractivity (Wildman–Crippen MR) is 74.5 cm³/mol. The van der Waals surface area contributed by atoms with Gasteiger partial charge in [0.05, 0.1) is 14.2 Å². The van der Waals surface area contributed by atoms with Gasteiger partial charge < -0.3 is 9.47 Å². The minimum atomic E-state index is -1.34. The van der Waals surface area contributed by atoms with Crippen LogP contribution < -0.4 is 9.47 Å². The molecule has 0 N–H and O–H groups in total. The Morgan fingerprint density at radius 3 is 2.18 bits per heavy atom. The van der Waals surface area contributed by atoms with Gasteiger partial charge in [0, 0.05) is 5.56 Å². The monoisotopic (exact) mass is 248 g/mol. The summed E-state index contributed by atoms with van der Waals surface area (Å²) < 4.78 is 10.6. The average Bonchev–Trinajstić information content (AvgIpc) is 2.24. The first kappa shape index (κ1) is 13.7. The number of aryl methyl sites for hydroxylation is 1. The minimum Gasteiger partial charge on any atom is -0.493 e. The van der Waals surface area contributed by atoms with Crippen molar-refractivity contribution in [1.82, 2.24) is 0 Å². The van der Waals surface area contributed by atoms with Gasteiger partial charge in [0.25, 0.3) is 0 Å². The summed E-state index contributed by atoms with van der Waals surface area (Å²) in [6.07, 6.45) is 0. The van der Waals surface area contributed by atoms with Gasteiger partial charge in [-0.1, -0.05) is 25.6 Å². The minimum absolute atomic E-state index is 0.743. The summed E-state index contributed by atoms with van der Waals surface area (Å²) in [7, 11) is 1.96. The van der Waals surface area contributed by atoms with E-state index in [1.807, 2.05) is 19.1 Å². The zero-order valence-electron chi connectivity index (χ0n) is 11.5. The van der Waals surface area contributed by atoms with E-state index in [1.165, 1.54) is 0 Å². The van der Waals surface area contributed by atoms with Gasteiger partial charge in [0.2, 0.25) is 0 Å². The highest BCUT2D eigenvalue weighted by Gasteiger charge is 2.10. The molecule has 0 radical (unpaired) electrons. The molecule has 0 atom stereocenters. The smallest absolute Gasteiger partial charge is 0.163 e. The topological polar surface area (TPSA) is 18.5 Å². The molecule has 17 heavy (non-hydrogen) atoms. The summed E-state index contributed by atoms with van der Waals surface area (Å²) in [6.45, 7) is 8.69. The van der Waals surface area contributed by atoms with Gasteiger partial charge in [-0.15, -0.1) is 5.54 Å². The van der Waals surface area contributed by atoms with E-state index in [-0.39, 0.29) is 0 Å². The number of ether oxygens (including phenoxy) is 2. The van der Waals surface area contributed by atoms with Crippen molar-refractivity contribution in [3.05, 3.63) is 23.3 Å². The standard InChI is InChI=1S/C14H20O2Si/c1-11-9-12(7-8-17(4,5)6)10-13(15-2)14(11)16-3/h9-10H,1-6H3. The molecular weight excluding hydrogens is 228 g/mol. The molecule has 0 fully saturated rings. The Labute approximate surface area is 105 Å². The van der Waals surface area contributed by atoms with E-state index in [4.69, 9.17) is 9.47 Å². The van der Waals surface area contributed by atoms with Gasteiger partial charge in [-0.3, -0.25) is 0 Å². The fraction of sp³-hybridized carbons (Fsp3) is 0.429. The second-order valence-corrected chi connectivity index (χ2v) is 9.78. The molecule has 3 heteroatoms. The van der Waals surface area contributed by atoms with E-state index < -0.39 is 8.07 Å². The largest absolute Gasteiger partial charge is 0.493 e. The highest BCUT2D eigenvalue weighted by molar-refractivity contribution is 6.83. The molecule has 0 aliphatic heterocycles. The molecule has 0 aliphatic rings. The summed E-state index contributed by atoms with van der Waals surface area (Å²) >= 11 is 0. The SMILES string of the molecule is COc1cc(C#C[Si](C)(C)C)cc(C)c1OC. The Morgan fingerprint density at radius 2 is 1.71 bits per heavy atom. The number of hydrogen-bond donors (Lipinski definition) is 0. The van der Waals surface area contributed by atoms with Crippen molar-refractivity contribution in [3.8, 4) is 23.0 Å². The molecule has 1 aromatic carbocycles. The summed E-state index contributed by atoms with van der Waals surface area (Å²) in [5, 5.41) is 0. The fourth-order valence-electron chi connectivity index (χ4n) is 1.49. The maximum atomic E-state index is 5.31. The van der Waals surface area contributed by atoms with Crippen molar-refractivity contribution in [2.24, 2.45) is 0 Å². The second kappa shape index (κ2) is 5.28. The molecule has 0 saturated heterocycles. The van der Waals surface area contributed by atoms with Crippen LogP contribution in [0.3, 0.4) is 0 Å². The molecule has 0 spiro atoms. The zero-order valence-corrected chi connectivity index (χ0v) is 12.5. The molecule has 0 bridgehead atoms. The van der Waals surface area contributed by atoms with Crippen LogP contribution in [0.1, 0.15) is 11.1 Å². The van der Waals surface area contributed by atoms with Gasteiger partial charge in [-0.2, -0.15) is 0 Å². The normalized spacial score (nSPS) is 10.5. The number of hydrogen-bond acceptors (Lipinski definition) is 2. The Kier molecular flexibility index (Phi) is 4.25. The molecule has 0 aliphatic carbocycles. The molecule has 1 aromatic rings. The zero-order chi connectivity index (χ0) is 13.1. The molecule has 0 saturated carbocycles. The Balaban J connectivity index is 3.20. The first-order chi connectivity index (χ1) is 7.87. The van der Waals surface area contributed by atoms with Gasteiger partial charge >= 0.3 is 0 Å². The van der Waals surface area contributed by atoms with E-state index in [0.717, 1.165) is 22.6 Å². The average molecular weight is 248 g/mol. The Bertz CT molecular complexity index is 462. The molecule has 2 nitrogen and oxygen atoms in total. The first-order valence-electron chi connectivity index (χ1n) is 5.63. The van der Waals surface area contributed by atoms with Crippen LogP contribution in [0.4, 0.5) is 0 Å². The molecule has 1 rings (SSSR count). The summed E-state index contributed by atoms with van der Waals surface area (Å²) in [4.78, 5) is 0. The van der Waals surface area contributed by atoms with Crippen molar-refractivity contribution >= 4 is 8.07 Å². The summed E-state index contributed by atoms with van der Waals surface area (Å²) in [6, 6.07) is 3.97. The lowest BCUT2D eigenvalue weighted by molar-refractivity contribution is 0.353. The lowest BCUT2D eigenvalue weighted by Gasteiger charge is -2.11. The predicted octanol–water partition coefficient (Wildman–Crippen LogP) is 3.24. The van der Waals surface area contributed by atoms with Crippen LogP contribution in [-0.4, -0.2) is 22.3 Å². The lowest BCUT2D eigenvalue weighted by Crippen LogP contribution is -2.16. The Hall–Kier alpha value is -1.40. The van der Waals surface area contributed by atoms with Crippen molar-refractivity contribution in [2.45, 2.75) is 26.6 Å². The van der Waals surface area contributed by atoms with Crippen LogP contribution in [0.5, 0.6) is 11.5 Å². The number of rotatable bonds is 2. The lowest BCUT2D eigenvalue weighted by atomic mass is 10.1. The van der Waals surface area contributed by atoms with Crippen molar-refractivity contribution in [2.75, 3.05) is 14.2 Å². The number of benzene rings is 1. The Morgan fingerprint density at radius 1 is 1.06 bits per heavy atom. The van der Waals surface area contributed by atoms with E-state index >= 15 is 0 Å². The van der Waals surface area contributed by atoms with Gasteiger partial charge in [0.1, 0.15) is 8.07 Å². The second-order valence-electron chi connectivity index (χ2n) is 5.03. The van der Waals surface area contributed by atoms with Crippen LogP contribution >= 0.6 is 0 Å². The highest BCUT2D eigenvalue weighted by atomic mass is 28.3. The first-order valence-corrected chi connectivity index (χ1v) is 9.13. The molecule has 0 heterocycles. The molecule has 0 aromatic heterocycles. The molecular formula is C14H20O2Si. The maximum absolute atomic E-state index is 5.31. The van der Waals surface area contributed by atoms with E-state index in [0.29, 0.717) is 0 Å². The van der Waals surface area contributed by atoms with Crippen LogP contribution in [0, 0.1) is 18.4 Å². The van der Waals surface area contributed by atoms with E-state index in [9.17, 15) is 0 Å². The summed E-state index contributed by atoms with van der Waals surface area (Å²) in [5.74, 6) is 4.75. The van der Waals surface area contributed by atoms with E-state index in [1.54, 1.807) is 14.2 Å². The highest BCUT2D eigenvalue weighted by Crippen LogP contribution is 2.31. The van der Waals surface area contributed by atoms with E-state index in [2.05, 4.69) is 31.1 Å². The molecule has 0 amide bonds. The van der Waals surface area contributed by atoms with Crippen LogP contribution in [0.25, 0.3) is 0 Å². The molecule has 92 valence electrons. The van der Waals surface area contributed by atoms with Crippen LogP contribution in [0.2, 0.25) is 19.6 Å². The van der Waals surface area contributed by atoms with Gasteiger partial charge in [0.15, 0.2) is 11.5 Å². The van der Waals surface area contributed by atoms with Gasteiger partial charge in [-0.05, 0) is 24.6 Å². The van der Waals surface area contributed by atoms with Crippen molar-refractivity contribution in [3.63, 3.8) is 0 Å². The van der Waals surface area contributed by atoms with Crippen molar-refractivity contribution in [1.29, 1.82) is 0 Å². The third-order valence-corrected chi connectivity index (χ3v) is 3.12. The quantitative estimate of drug-likeness (QED) is 0.591. The third-order valence-electron chi connectivity index (χ3n) is 2.25. The summed E-state index contributed by atoms with van der Waals surface area (Å²) in [5.41, 5.74) is 5.38. The number of methoxy groups -OCH3 is 2.